The molecule has 0 unspecified atom stereocenters. The van der Waals surface area contributed by atoms with Crippen LogP contribution in [0.25, 0.3) is 0 Å². The molecule has 1 aromatic carbocycles. The standard InChI is InChI=1S/C16H19NO2S/c1-16(2,10-17-9-13-4-3-7-20-13)12-5-6-14-15(8-12)19-11-18-14/h3-8,17H,9-11H2,1-2H3. The van der Waals surface area contributed by atoms with Crippen molar-refractivity contribution in [3.63, 3.8) is 0 Å². The third kappa shape index (κ3) is 2.81. The maximum atomic E-state index is 5.46. The lowest BCUT2D eigenvalue weighted by Gasteiger charge is -2.26. The zero-order chi connectivity index (χ0) is 14.0. The highest BCUT2D eigenvalue weighted by Crippen LogP contribution is 2.36. The maximum absolute atomic E-state index is 5.46. The number of ether oxygens (including phenoxy) is 2. The van der Waals surface area contributed by atoms with Crippen molar-refractivity contribution in [2.24, 2.45) is 0 Å². The van der Waals surface area contributed by atoms with Gasteiger partial charge in [-0.3, -0.25) is 0 Å². The van der Waals surface area contributed by atoms with E-state index >= 15 is 0 Å². The first-order valence-corrected chi connectivity index (χ1v) is 7.66. The van der Waals surface area contributed by atoms with Crippen LogP contribution in [0.15, 0.2) is 35.7 Å². The molecule has 0 saturated heterocycles. The van der Waals surface area contributed by atoms with Crippen molar-refractivity contribution >= 4 is 11.3 Å². The van der Waals surface area contributed by atoms with Crippen LogP contribution in [-0.4, -0.2) is 13.3 Å². The summed E-state index contributed by atoms with van der Waals surface area (Å²) in [4.78, 5) is 1.37. The van der Waals surface area contributed by atoms with E-state index in [4.69, 9.17) is 9.47 Å². The first kappa shape index (κ1) is 13.5. The van der Waals surface area contributed by atoms with Gasteiger partial charge in [-0.2, -0.15) is 0 Å². The molecular weight excluding hydrogens is 270 g/mol. The smallest absolute Gasteiger partial charge is 0.231 e. The molecule has 0 saturated carbocycles. The van der Waals surface area contributed by atoms with E-state index < -0.39 is 0 Å². The van der Waals surface area contributed by atoms with Gasteiger partial charge >= 0.3 is 0 Å². The van der Waals surface area contributed by atoms with Crippen LogP contribution in [0, 0.1) is 0 Å². The van der Waals surface area contributed by atoms with Crippen LogP contribution in [0.1, 0.15) is 24.3 Å². The van der Waals surface area contributed by atoms with Gasteiger partial charge in [0.25, 0.3) is 0 Å². The Balaban J connectivity index is 1.65. The SMILES string of the molecule is CC(C)(CNCc1cccs1)c1ccc2c(c1)OCO2. The van der Waals surface area contributed by atoms with Crippen molar-refractivity contribution in [3.8, 4) is 11.5 Å². The van der Waals surface area contributed by atoms with Crippen LogP contribution in [0.2, 0.25) is 0 Å². The van der Waals surface area contributed by atoms with E-state index in [1.54, 1.807) is 11.3 Å². The van der Waals surface area contributed by atoms with E-state index in [0.717, 1.165) is 24.6 Å². The van der Waals surface area contributed by atoms with E-state index in [0.29, 0.717) is 6.79 Å². The molecule has 2 aromatic rings. The fourth-order valence-electron chi connectivity index (χ4n) is 2.33. The lowest BCUT2D eigenvalue weighted by molar-refractivity contribution is 0.174. The van der Waals surface area contributed by atoms with Gasteiger partial charge in [-0.05, 0) is 29.1 Å². The van der Waals surface area contributed by atoms with Crippen molar-refractivity contribution in [1.29, 1.82) is 0 Å². The molecule has 0 spiro atoms. The molecule has 2 heterocycles. The topological polar surface area (TPSA) is 30.5 Å². The van der Waals surface area contributed by atoms with Gasteiger partial charge in [0.2, 0.25) is 6.79 Å². The number of hydrogen-bond acceptors (Lipinski definition) is 4. The van der Waals surface area contributed by atoms with Crippen LogP contribution in [0.4, 0.5) is 0 Å². The summed E-state index contributed by atoms with van der Waals surface area (Å²) in [5.74, 6) is 1.70. The fourth-order valence-corrected chi connectivity index (χ4v) is 3.01. The van der Waals surface area contributed by atoms with Crippen molar-refractivity contribution in [2.75, 3.05) is 13.3 Å². The highest BCUT2D eigenvalue weighted by atomic mass is 32.1. The second-order valence-electron chi connectivity index (χ2n) is 5.63. The maximum Gasteiger partial charge on any atom is 0.231 e. The van der Waals surface area contributed by atoms with Crippen LogP contribution in [0.3, 0.4) is 0 Å². The minimum atomic E-state index is 0.0538. The van der Waals surface area contributed by atoms with Crippen molar-refractivity contribution < 1.29 is 9.47 Å². The number of fused-ring (bicyclic) bond motifs is 1. The van der Waals surface area contributed by atoms with Gasteiger partial charge in [0, 0.05) is 23.4 Å². The lowest BCUT2D eigenvalue weighted by atomic mass is 9.84. The lowest BCUT2D eigenvalue weighted by Crippen LogP contribution is -2.32. The number of hydrogen-bond donors (Lipinski definition) is 1. The molecule has 106 valence electrons. The van der Waals surface area contributed by atoms with E-state index in [9.17, 15) is 0 Å². The van der Waals surface area contributed by atoms with Gasteiger partial charge < -0.3 is 14.8 Å². The van der Waals surface area contributed by atoms with Crippen LogP contribution >= 0.6 is 11.3 Å². The minimum absolute atomic E-state index is 0.0538. The number of nitrogens with one attached hydrogen (secondary N) is 1. The van der Waals surface area contributed by atoms with Gasteiger partial charge in [0.15, 0.2) is 11.5 Å². The molecule has 1 aromatic heterocycles. The molecule has 4 heteroatoms. The Labute approximate surface area is 123 Å². The normalized spacial score (nSPS) is 13.7. The Morgan fingerprint density at radius 2 is 2.05 bits per heavy atom. The molecule has 20 heavy (non-hydrogen) atoms. The quantitative estimate of drug-likeness (QED) is 0.913. The second-order valence-corrected chi connectivity index (χ2v) is 6.67. The summed E-state index contributed by atoms with van der Waals surface area (Å²) in [6.45, 7) is 6.66. The summed E-state index contributed by atoms with van der Waals surface area (Å²) in [5.41, 5.74) is 1.32. The molecule has 0 radical (unpaired) electrons. The molecule has 0 amide bonds. The predicted molar refractivity (Wildman–Crippen MR) is 81.6 cm³/mol. The fraction of sp³-hybridized carbons (Fsp3) is 0.375. The third-order valence-corrected chi connectivity index (χ3v) is 4.48. The summed E-state index contributed by atoms with van der Waals surface area (Å²) in [6, 6.07) is 10.5. The summed E-state index contributed by atoms with van der Waals surface area (Å²) >= 11 is 1.79. The number of benzene rings is 1. The van der Waals surface area contributed by atoms with Gasteiger partial charge in [-0.1, -0.05) is 26.0 Å². The summed E-state index contributed by atoms with van der Waals surface area (Å²) in [6.07, 6.45) is 0. The molecule has 0 atom stereocenters. The molecule has 1 aliphatic rings. The Morgan fingerprint density at radius 1 is 1.20 bits per heavy atom. The van der Waals surface area contributed by atoms with Crippen LogP contribution < -0.4 is 14.8 Å². The Bertz CT molecular complexity index is 578. The molecule has 1 aliphatic heterocycles. The Kier molecular flexibility index (Phi) is 3.68. The third-order valence-electron chi connectivity index (χ3n) is 3.60. The number of rotatable bonds is 5. The average molecular weight is 289 g/mol. The summed E-state index contributed by atoms with van der Waals surface area (Å²) in [7, 11) is 0. The number of thiophene rings is 1. The van der Waals surface area contributed by atoms with Crippen molar-refractivity contribution in [2.45, 2.75) is 25.8 Å². The molecule has 0 aliphatic carbocycles. The zero-order valence-electron chi connectivity index (χ0n) is 11.8. The highest BCUT2D eigenvalue weighted by Gasteiger charge is 2.23. The second kappa shape index (κ2) is 5.46. The van der Waals surface area contributed by atoms with Gasteiger partial charge in [-0.25, -0.2) is 0 Å². The average Bonchev–Trinajstić information content (AvgIpc) is 3.08. The van der Waals surface area contributed by atoms with Gasteiger partial charge in [0.1, 0.15) is 0 Å². The van der Waals surface area contributed by atoms with Gasteiger partial charge in [-0.15, -0.1) is 11.3 Å². The molecule has 3 nitrogen and oxygen atoms in total. The highest BCUT2D eigenvalue weighted by molar-refractivity contribution is 7.09. The predicted octanol–water partition coefficient (Wildman–Crippen LogP) is 3.54. The molecule has 1 N–H and O–H groups in total. The summed E-state index contributed by atoms with van der Waals surface area (Å²) in [5, 5.41) is 5.64. The van der Waals surface area contributed by atoms with Gasteiger partial charge in [0.05, 0.1) is 0 Å². The molecule has 3 rings (SSSR count). The largest absolute Gasteiger partial charge is 0.454 e. The monoisotopic (exact) mass is 289 g/mol. The van der Waals surface area contributed by atoms with E-state index in [2.05, 4.69) is 48.8 Å². The van der Waals surface area contributed by atoms with Crippen molar-refractivity contribution in [1.82, 2.24) is 5.32 Å². The van der Waals surface area contributed by atoms with E-state index in [1.165, 1.54) is 10.4 Å². The first-order valence-electron chi connectivity index (χ1n) is 6.78. The zero-order valence-corrected chi connectivity index (χ0v) is 12.6. The van der Waals surface area contributed by atoms with Crippen LogP contribution in [0.5, 0.6) is 11.5 Å². The molecular formula is C16H19NO2S. The first-order chi connectivity index (χ1) is 9.65. The van der Waals surface area contributed by atoms with Crippen LogP contribution in [-0.2, 0) is 12.0 Å². The molecule has 0 bridgehead atoms. The Hall–Kier alpha value is -1.52. The molecule has 0 fully saturated rings. The Morgan fingerprint density at radius 3 is 2.85 bits per heavy atom. The van der Waals surface area contributed by atoms with E-state index in [1.807, 2.05) is 6.07 Å². The van der Waals surface area contributed by atoms with E-state index in [-0.39, 0.29) is 5.41 Å². The minimum Gasteiger partial charge on any atom is -0.454 e. The van der Waals surface area contributed by atoms with Crippen molar-refractivity contribution in [3.05, 3.63) is 46.2 Å². The summed E-state index contributed by atoms with van der Waals surface area (Å²) < 4.78 is 10.8.